The molecule has 1 aromatic carbocycles. The average Bonchev–Trinajstić information content (AvgIpc) is 2.76. The Morgan fingerprint density at radius 3 is 2.85 bits per heavy atom. The van der Waals surface area contributed by atoms with Crippen molar-refractivity contribution in [2.24, 2.45) is 0 Å². The number of amides is 2. The van der Waals surface area contributed by atoms with Crippen molar-refractivity contribution in [2.45, 2.75) is 12.5 Å². The number of benzene rings is 1. The summed E-state index contributed by atoms with van der Waals surface area (Å²) in [7, 11) is 1.74. The van der Waals surface area contributed by atoms with Gasteiger partial charge in [-0.25, -0.2) is 4.98 Å². The van der Waals surface area contributed by atoms with E-state index in [9.17, 15) is 9.59 Å². The van der Waals surface area contributed by atoms with E-state index in [4.69, 9.17) is 0 Å². The molecule has 1 atom stereocenters. The number of para-hydroxylation sites is 1. The average molecular weight is 269 g/mol. The maximum absolute atomic E-state index is 12.2. The molecule has 0 spiro atoms. The summed E-state index contributed by atoms with van der Waals surface area (Å²) in [6.07, 6.45) is 0.357. The van der Waals surface area contributed by atoms with Crippen LogP contribution in [0.25, 0.3) is 10.9 Å². The van der Waals surface area contributed by atoms with Gasteiger partial charge in [-0.1, -0.05) is 24.3 Å². The molecule has 102 valence electrons. The van der Waals surface area contributed by atoms with Gasteiger partial charge in [0.2, 0.25) is 5.91 Å². The first-order valence-corrected chi connectivity index (χ1v) is 6.54. The molecule has 1 N–H and O–H groups in total. The van der Waals surface area contributed by atoms with Crippen molar-refractivity contribution in [3.05, 3.63) is 42.1 Å². The molecular weight excluding hydrogens is 254 g/mol. The van der Waals surface area contributed by atoms with Crippen LogP contribution >= 0.6 is 0 Å². The predicted molar refractivity (Wildman–Crippen MR) is 75.3 cm³/mol. The van der Waals surface area contributed by atoms with Gasteiger partial charge < -0.3 is 10.2 Å². The topological polar surface area (TPSA) is 62.3 Å². The van der Waals surface area contributed by atoms with E-state index in [1.807, 2.05) is 30.3 Å². The highest BCUT2D eigenvalue weighted by Crippen LogP contribution is 2.13. The van der Waals surface area contributed by atoms with Gasteiger partial charge in [0.25, 0.3) is 5.91 Å². The molecule has 1 aliphatic rings. The first-order chi connectivity index (χ1) is 9.63. The zero-order valence-electron chi connectivity index (χ0n) is 11.2. The quantitative estimate of drug-likeness (QED) is 0.891. The number of carbonyl (C=O) groups is 2. The molecule has 20 heavy (non-hydrogen) atoms. The van der Waals surface area contributed by atoms with Gasteiger partial charge in [-0.3, -0.25) is 9.59 Å². The van der Waals surface area contributed by atoms with Crippen molar-refractivity contribution in [2.75, 3.05) is 13.6 Å². The van der Waals surface area contributed by atoms with Crippen LogP contribution in [0.3, 0.4) is 0 Å². The van der Waals surface area contributed by atoms with E-state index in [-0.39, 0.29) is 17.9 Å². The number of likely N-dealkylation sites (N-methyl/N-ethyl adjacent to an activating group) is 1. The first-order valence-electron chi connectivity index (χ1n) is 6.54. The fourth-order valence-corrected chi connectivity index (χ4v) is 2.41. The molecule has 0 aliphatic carbocycles. The Bertz CT molecular complexity index is 684. The summed E-state index contributed by atoms with van der Waals surface area (Å²) in [6, 6.07) is 11.1. The number of aromatic nitrogens is 1. The van der Waals surface area contributed by atoms with Gasteiger partial charge in [0.05, 0.1) is 11.6 Å². The number of hydrogen-bond donors (Lipinski definition) is 1. The molecule has 0 bridgehead atoms. The SMILES string of the molecule is CN1CC(NC(=O)c2ccc3ccccc3n2)CC1=O. The highest BCUT2D eigenvalue weighted by Gasteiger charge is 2.28. The van der Waals surface area contributed by atoms with E-state index in [1.54, 1.807) is 18.0 Å². The maximum atomic E-state index is 12.2. The Morgan fingerprint density at radius 1 is 1.30 bits per heavy atom. The summed E-state index contributed by atoms with van der Waals surface area (Å²) in [5.41, 5.74) is 1.17. The first kappa shape index (κ1) is 12.6. The maximum Gasteiger partial charge on any atom is 0.270 e. The van der Waals surface area contributed by atoms with Gasteiger partial charge in [0.15, 0.2) is 0 Å². The Labute approximate surface area is 116 Å². The highest BCUT2D eigenvalue weighted by atomic mass is 16.2. The lowest BCUT2D eigenvalue weighted by Gasteiger charge is -2.12. The van der Waals surface area contributed by atoms with Gasteiger partial charge in [-0.15, -0.1) is 0 Å². The van der Waals surface area contributed by atoms with E-state index in [2.05, 4.69) is 10.3 Å². The zero-order valence-corrected chi connectivity index (χ0v) is 11.2. The minimum absolute atomic E-state index is 0.0572. The summed E-state index contributed by atoms with van der Waals surface area (Å²) in [4.78, 5) is 29.6. The lowest BCUT2D eigenvalue weighted by Crippen LogP contribution is -2.36. The molecule has 2 amide bonds. The number of pyridine rings is 1. The van der Waals surface area contributed by atoms with E-state index in [0.29, 0.717) is 18.7 Å². The van der Waals surface area contributed by atoms with Crippen LogP contribution in [0.15, 0.2) is 36.4 Å². The summed E-state index contributed by atoms with van der Waals surface area (Å²) in [5, 5.41) is 3.86. The van der Waals surface area contributed by atoms with Crippen LogP contribution < -0.4 is 5.32 Å². The third-order valence-corrected chi connectivity index (χ3v) is 3.51. The van der Waals surface area contributed by atoms with Crippen LogP contribution in [0.5, 0.6) is 0 Å². The number of nitrogens with one attached hydrogen (secondary N) is 1. The Hall–Kier alpha value is -2.43. The Balaban J connectivity index is 1.77. The molecule has 1 aliphatic heterocycles. The van der Waals surface area contributed by atoms with Crippen LogP contribution in [0.4, 0.5) is 0 Å². The fraction of sp³-hybridized carbons (Fsp3) is 0.267. The van der Waals surface area contributed by atoms with Crippen molar-refractivity contribution in [1.29, 1.82) is 0 Å². The number of nitrogens with zero attached hydrogens (tertiary/aromatic N) is 2. The third kappa shape index (κ3) is 2.34. The van der Waals surface area contributed by atoms with Crippen molar-refractivity contribution in [1.82, 2.24) is 15.2 Å². The molecule has 5 heteroatoms. The molecular formula is C15H15N3O2. The predicted octanol–water partition coefficient (Wildman–Crippen LogP) is 1.20. The zero-order chi connectivity index (χ0) is 14.1. The lowest BCUT2D eigenvalue weighted by molar-refractivity contribution is -0.126. The molecule has 0 saturated carbocycles. The molecule has 1 saturated heterocycles. The molecule has 5 nitrogen and oxygen atoms in total. The summed E-state index contributed by atoms with van der Waals surface area (Å²) in [5.74, 6) is -0.175. The van der Waals surface area contributed by atoms with Crippen LogP contribution in [0.2, 0.25) is 0 Å². The van der Waals surface area contributed by atoms with E-state index in [1.165, 1.54) is 0 Å². The van der Waals surface area contributed by atoms with E-state index in [0.717, 1.165) is 10.9 Å². The summed E-state index contributed by atoms with van der Waals surface area (Å²) < 4.78 is 0. The lowest BCUT2D eigenvalue weighted by atomic mass is 10.2. The number of rotatable bonds is 2. The number of fused-ring (bicyclic) bond motifs is 1. The smallest absolute Gasteiger partial charge is 0.270 e. The summed E-state index contributed by atoms with van der Waals surface area (Å²) in [6.45, 7) is 0.554. The molecule has 1 fully saturated rings. The van der Waals surface area contributed by atoms with E-state index >= 15 is 0 Å². The third-order valence-electron chi connectivity index (χ3n) is 3.51. The van der Waals surface area contributed by atoms with Crippen LogP contribution in [-0.4, -0.2) is 41.3 Å². The second-order valence-corrected chi connectivity index (χ2v) is 5.04. The van der Waals surface area contributed by atoms with Gasteiger partial charge in [0.1, 0.15) is 5.69 Å². The minimum atomic E-state index is -0.233. The molecule has 0 radical (unpaired) electrons. The monoisotopic (exact) mass is 269 g/mol. The summed E-state index contributed by atoms with van der Waals surface area (Å²) >= 11 is 0. The van der Waals surface area contributed by atoms with Gasteiger partial charge in [0, 0.05) is 25.4 Å². The molecule has 1 unspecified atom stereocenters. The van der Waals surface area contributed by atoms with Gasteiger partial charge in [-0.05, 0) is 12.1 Å². The molecule has 2 heterocycles. The minimum Gasteiger partial charge on any atom is -0.346 e. The number of likely N-dealkylation sites (tertiary alicyclic amines) is 1. The Kier molecular flexibility index (Phi) is 3.10. The van der Waals surface area contributed by atoms with Crippen molar-refractivity contribution >= 4 is 22.7 Å². The van der Waals surface area contributed by atoms with Gasteiger partial charge >= 0.3 is 0 Å². The van der Waals surface area contributed by atoms with Crippen molar-refractivity contribution < 1.29 is 9.59 Å². The standard InChI is InChI=1S/C15H15N3O2/c1-18-9-11(8-14(18)19)16-15(20)13-7-6-10-4-2-3-5-12(10)17-13/h2-7,11H,8-9H2,1H3,(H,16,20). The largest absolute Gasteiger partial charge is 0.346 e. The normalized spacial score (nSPS) is 18.6. The van der Waals surface area contributed by atoms with Crippen LogP contribution in [-0.2, 0) is 4.79 Å². The second-order valence-electron chi connectivity index (χ2n) is 5.04. The molecule has 1 aromatic heterocycles. The second kappa shape index (κ2) is 4.92. The van der Waals surface area contributed by atoms with Crippen molar-refractivity contribution in [3.63, 3.8) is 0 Å². The number of hydrogen-bond acceptors (Lipinski definition) is 3. The van der Waals surface area contributed by atoms with Gasteiger partial charge in [-0.2, -0.15) is 0 Å². The van der Waals surface area contributed by atoms with Crippen molar-refractivity contribution in [3.8, 4) is 0 Å². The van der Waals surface area contributed by atoms with Crippen LogP contribution in [0, 0.1) is 0 Å². The number of carbonyl (C=O) groups excluding carboxylic acids is 2. The molecule has 2 aromatic rings. The van der Waals surface area contributed by atoms with Crippen LogP contribution in [0.1, 0.15) is 16.9 Å². The van der Waals surface area contributed by atoms with E-state index < -0.39 is 0 Å². The fourth-order valence-electron chi connectivity index (χ4n) is 2.41. The molecule has 3 rings (SSSR count). The highest BCUT2D eigenvalue weighted by molar-refractivity contribution is 5.95. The Morgan fingerprint density at radius 2 is 2.10 bits per heavy atom.